The Kier molecular flexibility index (Phi) is 5.30. The zero-order valence-corrected chi connectivity index (χ0v) is 14.3. The summed E-state index contributed by atoms with van der Waals surface area (Å²) in [5, 5.41) is 8.63. The van der Waals surface area contributed by atoms with Gasteiger partial charge in [-0.3, -0.25) is 4.79 Å². The van der Waals surface area contributed by atoms with E-state index in [4.69, 9.17) is 5.73 Å². The van der Waals surface area contributed by atoms with Gasteiger partial charge in [-0.05, 0) is 31.5 Å². The summed E-state index contributed by atoms with van der Waals surface area (Å²) in [7, 11) is 0. The van der Waals surface area contributed by atoms with Gasteiger partial charge in [0.15, 0.2) is 0 Å². The molecule has 0 spiro atoms. The number of benzene rings is 1. The van der Waals surface area contributed by atoms with E-state index in [0.717, 1.165) is 30.7 Å². The highest BCUT2D eigenvalue weighted by Crippen LogP contribution is 2.36. The number of nitrogens with one attached hydrogen (secondary N) is 3. The summed E-state index contributed by atoms with van der Waals surface area (Å²) in [4.78, 5) is 24.7. The number of primary amides is 1. The Morgan fingerprint density at radius 2 is 2.12 bits per heavy atom. The largest absolute Gasteiger partial charge is 0.351 e. The van der Waals surface area contributed by atoms with Crippen molar-refractivity contribution >= 4 is 29.0 Å². The van der Waals surface area contributed by atoms with Gasteiger partial charge < -0.3 is 21.7 Å². The number of piperidine rings is 1. The lowest BCUT2D eigenvalue weighted by Crippen LogP contribution is -2.45. The van der Waals surface area contributed by atoms with Crippen molar-refractivity contribution in [2.45, 2.75) is 18.9 Å². The number of hydrogen-bond donors (Lipinski definition) is 4. The first kappa shape index (κ1) is 17.4. The van der Waals surface area contributed by atoms with Gasteiger partial charge in [0.05, 0.1) is 5.69 Å². The van der Waals surface area contributed by atoms with E-state index in [0.29, 0.717) is 21.9 Å². The maximum atomic E-state index is 14.0. The van der Waals surface area contributed by atoms with Crippen molar-refractivity contribution in [1.29, 1.82) is 0 Å². The van der Waals surface area contributed by atoms with E-state index in [1.807, 2.05) is 0 Å². The zero-order valence-electron chi connectivity index (χ0n) is 13.5. The summed E-state index contributed by atoms with van der Waals surface area (Å²) in [5.74, 6) is -0.692. The number of nitrogens with two attached hydrogens (primary N) is 1. The number of anilines is 1. The van der Waals surface area contributed by atoms with Crippen LogP contribution >= 0.6 is 11.3 Å². The number of rotatable bonds is 4. The summed E-state index contributed by atoms with van der Waals surface area (Å²) < 4.78 is 14.0. The Bertz CT molecular complexity index is 787. The number of carbonyl (C=O) groups excluding carboxylic acids is 2. The minimum Gasteiger partial charge on any atom is -0.351 e. The molecular formula is C17H19FN4O2S. The third-order valence-electron chi connectivity index (χ3n) is 3.97. The molecule has 0 aliphatic carbocycles. The zero-order chi connectivity index (χ0) is 17.8. The first-order chi connectivity index (χ1) is 12.0. The van der Waals surface area contributed by atoms with Crippen LogP contribution in [0.3, 0.4) is 0 Å². The van der Waals surface area contributed by atoms with Gasteiger partial charge >= 0.3 is 6.03 Å². The molecule has 1 aliphatic heterocycles. The first-order valence-corrected chi connectivity index (χ1v) is 8.83. The van der Waals surface area contributed by atoms with E-state index >= 15 is 0 Å². The van der Waals surface area contributed by atoms with Gasteiger partial charge in [0.2, 0.25) is 0 Å². The average Bonchev–Trinajstić information content (AvgIpc) is 2.99. The van der Waals surface area contributed by atoms with Crippen LogP contribution in [0.2, 0.25) is 0 Å². The number of halogens is 1. The monoisotopic (exact) mass is 362 g/mol. The molecule has 132 valence electrons. The van der Waals surface area contributed by atoms with Gasteiger partial charge in [-0.25, -0.2) is 9.18 Å². The first-order valence-electron chi connectivity index (χ1n) is 8.01. The second-order valence-corrected chi connectivity index (χ2v) is 6.89. The highest BCUT2D eigenvalue weighted by Gasteiger charge is 2.22. The Morgan fingerprint density at radius 1 is 1.32 bits per heavy atom. The molecule has 2 aromatic rings. The number of amides is 3. The van der Waals surface area contributed by atoms with Crippen molar-refractivity contribution in [2.24, 2.45) is 5.73 Å². The molecule has 0 bridgehead atoms. The summed E-state index contributed by atoms with van der Waals surface area (Å²) in [6.45, 7) is 1.65. The van der Waals surface area contributed by atoms with E-state index in [1.165, 1.54) is 6.07 Å². The fourth-order valence-electron chi connectivity index (χ4n) is 2.81. The molecule has 1 saturated heterocycles. The fraction of sp³-hybridized carbons (Fsp3) is 0.294. The van der Waals surface area contributed by atoms with E-state index < -0.39 is 11.8 Å². The molecule has 2 heterocycles. The molecule has 0 radical (unpaired) electrons. The standard InChI is InChI=1S/C17H19FN4O2S/c18-12-6-2-1-5-11(12)14-8-13(22-17(19)24)15(25-14)16(23)21-10-4-3-7-20-9-10/h1-2,5-6,8,10,20H,3-4,7,9H2,(H,21,23)(H3,19,22,24)/t10-/m0/s1. The molecule has 1 aromatic carbocycles. The lowest BCUT2D eigenvalue weighted by molar-refractivity contribution is 0.0935. The Hall–Kier alpha value is -2.45. The second-order valence-electron chi connectivity index (χ2n) is 5.84. The van der Waals surface area contributed by atoms with Crippen LogP contribution in [0.5, 0.6) is 0 Å². The Balaban J connectivity index is 1.89. The summed E-state index contributed by atoms with van der Waals surface area (Å²) in [6.07, 6.45) is 1.88. The normalized spacial score (nSPS) is 17.1. The molecule has 6 nitrogen and oxygen atoms in total. The van der Waals surface area contributed by atoms with E-state index in [9.17, 15) is 14.0 Å². The van der Waals surface area contributed by atoms with Crippen LogP contribution in [0.15, 0.2) is 30.3 Å². The van der Waals surface area contributed by atoms with Crippen molar-refractivity contribution in [3.63, 3.8) is 0 Å². The van der Waals surface area contributed by atoms with Crippen LogP contribution in [0.4, 0.5) is 14.9 Å². The predicted molar refractivity (Wildman–Crippen MR) is 96.3 cm³/mol. The van der Waals surface area contributed by atoms with E-state index in [-0.39, 0.29) is 17.6 Å². The van der Waals surface area contributed by atoms with Crippen LogP contribution in [0.1, 0.15) is 22.5 Å². The number of urea groups is 1. The molecule has 0 saturated carbocycles. The molecule has 0 unspecified atom stereocenters. The quantitative estimate of drug-likeness (QED) is 0.673. The summed E-state index contributed by atoms with van der Waals surface area (Å²) >= 11 is 1.12. The Labute approximate surface area is 148 Å². The van der Waals surface area contributed by atoms with Crippen LogP contribution < -0.4 is 21.7 Å². The van der Waals surface area contributed by atoms with Gasteiger partial charge in [0.1, 0.15) is 10.7 Å². The van der Waals surface area contributed by atoms with Gasteiger partial charge in [0, 0.05) is 23.0 Å². The summed E-state index contributed by atoms with van der Waals surface area (Å²) in [6, 6.07) is 7.12. The molecule has 5 N–H and O–H groups in total. The Morgan fingerprint density at radius 3 is 2.80 bits per heavy atom. The fourth-order valence-corrected chi connectivity index (χ4v) is 3.85. The van der Waals surface area contributed by atoms with Crippen LogP contribution in [0, 0.1) is 5.82 Å². The van der Waals surface area contributed by atoms with Crippen LogP contribution in [-0.4, -0.2) is 31.1 Å². The molecule has 1 atom stereocenters. The minimum atomic E-state index is -0.772. The van der Waals surface area contributed by atoms with E-state index in [2.05, 4.69) is 16.0 Å². The van der Waals surface area contributed by atoms with Gasteiger partial charge in [-0.2, -0.15) is 0 Å². The topological polar surface area (TPSA) is 96.2 Å². The smallest absolute Gasteiger partial charge is 0.316 e. The van der Waals surface area contributed by atoms with Crippen molar-refractivity contribution in [3.8, 4) is 10.4 Å². The minimum absolute atomic E-state index is 0.0293. The maximum absolute atomic E-state index is 14.0. The van der Waals surface area contributed by atoms with Crippen molar-refractivity contribution < 1.29 is 14.0 Å². The average molecular weight is 362 g/mol. The SMILES string of the molecule is NC(=O)Nc1cc(-c2ccccc2F)sc1C(=O)N[C@H]1CCCNC1. The van der Waals surface area contributed by atoms with Gasteiger partial charge in [0.25, 0.3) is 5.91 Å². The third kappa shape index (κ3) is 4.15. The lowest BCUT2D eigenvalue weighted by Gasteiger charge is -2.23. The molecule has 1 aromatic heterocycles. The molecule has 3 rings (SSSR count). The molecule has 25 heavy (non-hydrogen) atoms. The number of thiophene rings is 1. The number of carbonyl (C=O) groups is 2. The van der Waals surface area contributed by atoms with E-state index in [1.54, 1.807) is 24.3 Å². The molecule has 8 heteroatoms. The lowest BCUT2D eigenvalue weighted by atomic mass is 10.1. The molecular weight excluding hydrogens is 343 g/mol. The van der Waals surface area contributed by atoms with Crippen molar-refractivity contribution in [2.75, 3.05) is 18.4 Å². The van der Waals surface area contributed by atoms with Crippen molar-refractivity contribution in [1.82, 2.24) is 10.6 Å². The molecule has 1 aliphatic rings. The highest BCUT2D eigenvalue weighted by atomic mass is 32.1. The predicted octanol–water partition coefficient (Wildman–Crippen LogP) is 2.53. The maximum Gasteiger partial charge on any atom is 0.316 e. The van der Waals surface area contributed by atoms with Crippen molar-refractivity contribution in [3.05, 3.63) is 41.0 Å². The van der Waals surface area contributed by atoms with Crippen LogP contribution in [-0.2, 0) is 0 Å². The van der Waals surface area contributed by atoms with Crippen LogP contribution in [0.25, 0.3) is 10.4 Å². The van der Waals surface area contributed by atoms with Gasteiger partial charge in [-0.15, -0.1) is 11.3 Å². The number of hydrogen-bond acceptors (Lipinski definition) is 4. The third-order valence-corrected chi connectivity index (χ3v) is 5.13. The second kappa shape index (κ2) is 7.62. The van der Waals surface area contributed by atoms with Gasteiger partial charge in [-0.1, -0.05) is 18.2 Å². The summed E-state index contributed by atoms with van der Waals surface area (Å²) in [5.41, 5.74) is 5.86. The molecule has 3 amide bonds. The highest BCUT2D eigenvalue weighted by molar-refractivity contribution is 7.18. The molecule has 1 fully saturated rings.